The Morgan fingerprint density at radius 2 is 2.13 bits per heavy atom. The molecule has 1 rings (SSSR count). The highest BCUT2D eigenvalue weighted by Crippen LogP contribution is 2.15. The Morgan fingerprint density at radius 1 is 1.47 bits per heavy atom. The number of esters is 1. The highest BCUT2D eigenvalue weighted by molar-refractivity contribution is 5.72. The van der Waals surface area contributed by atoms with E-state index in [1.165, 1.54) is 7.11 Å². The molecule has 2 N–H and O–H groups in total. The molecule has 82 valence electrons. The minimum atomic E-state index is -0.185. The maximum Gasteiger partial charge on any atom is 0.308 e. The second-order valence-corrected chi connectivity index (χ2v) is 3.88. The molecular weight excluding hydrogens is 190 g/mol. The summed E-state index contributed by atoms with van der Waals surface area (Å²) in [4.78, 5) is 11.2. The molecule has 0 amide bonds. The molecular formula is C12H17NO2. The molecule has 0 aromatic heterocycles. The Labute approximate surface area is 90.2 Å². The summed E-state index contributed by atoms with van der Waals surface area (Å²) in [7, 11) is 1.41. The summed E-state index contributed by atoms with van der Waals surface area (Å²) in [5, 5.41) is 0. The van der Waals surface area contributed by atoms with Crippen molar-refractivity contribution >= 4 is 11.7 Å². The number of anilines is 1. The number of nitrogens with two attached hydrogens (primary N) is 1. The Hall–Kier alpha value is -1.51. The molecule has 0 fully saturated rings. The van der Waals surface area contributed by atoms with E-state index >= 15 is 0 Å². The van der Waals surface area contributed by atoms with E-state index in [9.17, 15) is 4.79 Å². The molecule has 3 nitrogen and oxygen atoms in total. The van der Waals surface area contributed by atoms with Gasteiger partial charge in [-0.05, 0) is 36.6 Å². The van der Waals surface area contributed by atoms with E-state index in [0.717, 1.165) is 16.8 Å². The molecule has 0 radical (unpaired) electrons. The second-order valence-electron chi connectivity index (χ2n) is 3.88. The summed E-state index contributed by atoms with van der Waals surface area (Å²) >= 11 is 0. The Balaban J connectivity index is 2.76. The van der Waals surface area contributed by atoms with Gasteiger partial charge < -0.3 is 10.5 Å². The van der Waals surface area contributed by atoms with Crippen LogP contribution in [-0.4, -0.2) is 13.1 Å². The van der Waals surface area contributed by atoms with Gasteiger partial charge in [-0.15, -0.1) is 0 Å². The van der Waals surface area contributed by atoms with Gasteiger partial charge in [0, 0.05) is 5.69 Å². The lowest BCUT2D eigenvalue weighted by Crippen LogP contribution is -2.15. The number of ether oxygens (including phenoxy) is 1. The van der Waals surface area contributed by atoms with Crippen molar-refractivity contribution in [3.05, 3.63) is 29.3 Å². The van der Waals surface area contributed by atoms with E-state index in [4.69, 9.17) is 5.73 Å². The number of carbonyl (C=O) groups is 1. The van der Waals surface area contributed by atoms with Gasteiger partial charge in [-0.25, -0.2) is 0 Å². The lowest BCUT2D eigenvalue weighted by molar-refractivity contribution is -0.144. The number of hydrogen-bond acceptors (Lipinski definition) is 3. The van der Waals surface area contributed by atoms with Gasteiger partial charge in [-0.3, -0.25) is 4.79 Å². The number of rotatable bonds is 3. The number of aryl methyl sites for hydroxylation is 1. The predicted molar refractivity (Wildman–Crippen MR) is 60.5 cm³/mol. The van der Waals surface area contributed by atoms with E-state index < -0.39 is 0 Å². The molecule has 1 unspecified atom stereocenters. The molecule has 3 heteroatoms. The summed E-state index contributed by atoms with van der Waals surface area (Å²) in [6.45, 7) is 3.84. The highest BCUT2D eigenvalue weighted by Gasteiger charge is 2.13. The molecule has 1 atom stereocenters. The van der Waals surface area contributed by atoms with E-state index in [0.29, 0.717) is 6.42 Å². The second kappa shape index (κ2) is 4.82. The molecule has 15 heavy (non-hydrogen) atoms. The predicted octanol–water partition coefficient (Wildman–Crippen LogP) is 1.93. The van der Waals surface area contributed by atoms with Crippen molar-refractivity contribution in [2.45, 2.75) is 20.3 Å². The zero-order chi connectivity index (χ0) is 11.4. The summed E-state index contributed by atoms with van der Waals surface area (Å²) in [5.41, 5.74) is 8.65. The minimum absolute atomic E-state index is 0.129. The molecule has 0 saturated carbocycles. The first-order valence-corrected chi connectivity index (χ1v) is 4.97. The summed E-state index contributed by atoms with van der Waals surface area (Å²) in [6, 6.07) is 5.84. The molecule has 1 aromatic carbocycles. The first-order chi connectivity index (χ1) is 7.02. The quantitative estimate of drug-likeness (QED) is 0.608. The smallest absolute Gasteiger partial charge is 0.308 e. The molecule has 0 bridgehead atoms. The topological polar surface area (TPSA) is 52.3 Å². The number of benzene rings is 1. The molecule has 0 spiro atoms. The summed E-state index contributed by atoms with van der Waals surface area (Å²) in [6.07, 6.45) is 0.665. The average Bonchev–Trinajstić information content (AvgIpc) is 2.14. The van der Waals surface area contributed by atoms with Crippen LogP contribution in [0.25, 0.3) is 0 Å². The lowest BCUT2D eigenvalue weighted by Gasteiger charge is -2.10. The summed E-state index contributed by atoms with van der Waals surface area (Å²) in [5.74, 6) is -0.314. The van der Waals surface area contributed by atoms with Crippen molar-refractivity contribution in [3.8, 4) is 0 Å². The van der Waals surface area contributed by atoms with Crippen LogP contribution in [0.5, 0.6) is 0 Å². The molecule has 1 aromatic rings. The highest BCUT2D eigenvalue weighted by atomic mass is 16.5. The lowest BCUT2D eigenvalue weighted by atomic mass is 9.99. The number of carbonyl (C=O) groups excluding carboxylic acids is 1. The van der Waals surface area contributed by atoms with Gasteiger partial charge in [0.2, 0.25) is 0 Å². The van der Waals surface area contributed by atoms with Crippen LogP contribution in [-0.2, 0) is 16.0 Å². The SMILES string of the molecule is COC(=O)C(C)Cc1cc(C)cc(N)c1. The van der Waals surface area contributed by atoms with E-state index in [1.54, 1.807) is 0 Å². The van der Waals surface area contributed by atoms with Crippen LogP contribution in [0.15, 0.2) is 18.2 Å². The van der Waals surface area contributed by atoms with Gasteiger partial charge >= 0.3 is 5.97 Å². The van der Waals surface area contributed by atoms with Crippen LogP contribution in [0.2, 0.25) is 0 Å². The molecule has 0 saturated heterocycles. The van der Waals surface area contributed by atoms with Gasteiger partial charge in [0.25, 0.3) is 0 Å². The molecule has 0 aliphatic carbocycles. The Kier molecular flexibility index (Phi) is 3.72. The van der Waals surface area contributed by atoms with Crippen LogP contribution in [0.4, 0.5) is 5.69 Å². The maximum atomic E-state index is 11.2. The third-order valence-corrected chi connectivity index (χ3v) is 2.30. The van der Waals surface area contributed by atoms with Crippen molar-refractivity contribution in [1.82, 2.24) is 0 Å². The Morgan fingerprint density at radius 3 is 2.67 bits per heavy atom. The minimum Gasteiger partial charge on any atom is -0.469 e. The zero-order valence-electron chi connectivity index (χ0n) is 9.41. The number of hydrogen-bond donors (Lipinski definition) is 1. The average molecular weight is 207 g/mol. The third kappa shape index (κ3) is 3.27. The van der Waals surface area contributed by atoms with Gasteiger partial charge in [0.1, 0.15) is 0 Å². The third-order valence-electron chi connectivity index (χ3n) is 2.30. The fourth-order valence-electron chi connectivity index (χ4n) is 1.65. The fourth-order valence-corrected chi connectivity index (χ4v) is 1.65. The van der Waals surface area contributed by atoms with Gasteiger partial charge in [-0.2, -0.15) is 0 Å². The Bertz CT molecular complexity index is 340. The number of methoxy groups -OCH3 is 1. The first kappa shape index (κ1) is 11.6. The number of nitrogen functional groups attached to an aromatic ring is 1. The van der Waals surface area contributed by atoms with Crippen LogP contribution in [0.1, 0.15) is 18.1 Å². The molecule has 0 heterocycles. The van der Waals surface area contributed by atoms with Crippen LogP contribution in [0.3, 0.4) is 0 Å². The van der Waals surface area contributed by atoms with Crippen molar-refractivity contribution < 1.29 is 9.53 Å². The van der Waals surface area contributed by atoms with E-state index in [-0.39, 0.29) is 11.9 Å². The van der Waals surface area contributed by atoms with Crippen molar-refractivity contribution in [3.63, 3.8) is 0 Å². The van der Waals surface area contributed by atoms with E-state index in [1.807, 2.05) is 32.0 Å². The standard InChI is InChI=1S/C12H17NO2/c1-8-4-10(7-11(13)5-8)6-9(2)12(14)15-3/h4-5,7,9H,6,13H2,1-3H3. The fraction of sp³-hybridized carbons (Fsp3) is 0.417. The van der Waals surface area contributed by atoms with Crippen LogP contribution < -0.4 is 5.73 Å². The zero-order valence-corrected chi connectivity index (χ0v) is 9.41. The largest absolute Gasteiger partial charge is 0.469 e. The van der Waals surface area contributed by atoms with Crippen LogP contribution >= 0.6 is 0 Å². The van der Waals surface area contributed by atoms with E-state index in [2.05, 4.69) is 4.74 Å². The van der Waals surface area contributed by atoms with Gasteiger partial charge in [0.05, 0.1) is 13.0 Å². The van der Waals surface area contributed by atoms with Crippen molar-refractivity contribution in [2.75, 3.05) is 12.8 Å². The first-order valence-electron chi connectivity index (χ1n) is 4.97. The monoisotopic (exact) mass is 207 g/mol. The molecule has 0 aliphatic rings. The van der Waals surface area contributed by atoms with Gasteiger partial charge in [0.15, 0.2) is 0 Å². The molecule has 0 aliphatic heterocycles. The van der Waals surface area contributed by atoms with Crippen LogP contribution in [0, 0.1) is 12.8 Å². The maximum absolute atomic E-state index is 11.2. The normalized spacial score (nSPS) is 12.2. The van der Waals surface area contributed by atoms with Crippen molar-refractivity contribution in [2.24, 2.45) is 5.92 Å². The van der Waals surface area contributed by atoms with Crippen molar-refractivity contribution in [1.29, 1.82) is 0 Å². The summed E-state index contributed by atoms with van der Waals surface area (Å²) < 4.78 is 4.67. The van der Waals surface area contributed by atoms with Gasteiger partial charge in [-0.1, -0.05) is 13.0 Å².